The van der Waals surface area contributed by atoms with Crippen LogP contribution in [0, 0.1) is 0 Å². The third-order valence-corrected chi connectivity index (χ3v) is 3.49. The molecule has 1 aromatic carbocycles. The molecule has 18 heavy (non-hydrogen) atoms. The summed E-state index contributed by atoms with van der Waals surface area (Å²) in [7, 11) is 0. The van der Waals surface area contributed by atoms with Gasteiger partial charge < -0.3 is 5.32 Å². The molecule has 1 aromatic rings. The third-order valence-electron chi connectivity index (χ3n) is 2.31. The molecule has 0 atom stereocenters. The van der Waals surface area contributed by atoms with Gasteiger partial charge >= 0.3 is 0 Å². The Morgan fingerprint density at radius 2 is 1.94 bits per heavy atom. The zero-order valence-electron chi connectivity index (χ0n) is 9.73. The lowest BCUT2D eigenvalue weighted by atomic mass is 10.1. The average molecular weight is 353 g/mol. The summed E-state index contributed by atoms with van der Waals surface area (Å²) in [6, 6.07) is 3.17. The van der Waals surface area contributed by atoms with Crippen LogP contribution in [0.1, 0.15) is 18.9 Å². The predicted octanol–water partition coefficient (Wildman–Crippen LogP) is 3.85. The molecule has 1 amide bonds. The monoisotopic (exact) mass is 351 g/mol. The van der Waals surface area contributed by atoms with Crippen LogP contribution in [-0.4, -0.2) is 17.0 Å². The van der Waals surface area contributed by atoms with Gasteiger partial charge in [-0.1, -0.05) is 46.1 Å². The molecule has 0 aromatic heterocycles. The fourth-order valence-electron chi connectivity index (χ4n) is 1.34. The zero-order chi connectivity index (χ0) is 13.7. The van der Waals surface area contributed by atoms with Crippen molar-refractivity contribution < 1.29 is 9.59 Å². The molecular weight excluding hydrogens is 341 g/mol. The van der Waals surface area contributed by atoms with E-state index in [1.54, 1.807) is 19.1 Å². The van der Waals surface area contributed by atoms with Crippen molar-refractivity contribution in [1.29, 1.82) is 0 Å². The lowest BCUT2D eigenvalue weighted by molar-refractivity contribution is -0.118. The first-order valence-corrected chi connectivity index (χ1v) is 7.21. The second kappa shape index (κ2) is 7.12. The number of carbonyl (C=O) groups excluding carboxylic acids is 2. The number of anilines is 1. The number of rotatable bonds is 5. The largest absolute Gasteiger partial charge is 0.324 e. The summed E-state index contributed by atoms with van der Waals surface area (Å²) in [5.41, 5.74) is 1.11. The first kappa shape index (κ1) is 15.5. The molecule has 6 heteroatoms. The number of alkyl halides is 1. The van der Waals surface area contributed by atoms with Crippen LogP contribution >= 0.6 is 39.1 Å². The maximum atomic E-state index is 11.4. The van der Waals surface area contributed by atoms with Crippen LogP contribution in [-0.2, 0) is 16.0 Å². The highest BCUT2D eigenvalue weighted by atomic mass is 79.9. The second-order valence-corrected chi connectivity index (χ2v) is 5.05. The van der Waals surface area contributed by atoms with E-state index in [1.807, 2.05) is 0 Å². The van der Waals surface area contributed by atoms with Gasteiger partial charge in [-0.25, -0.2) is 0 Å². The molecule has 0 radical (unpaired) electrons. The molecule has 0 unspecified atom stereocenters. The summed E-state index contributed by atoms with van der Waals surface area (Å²) in [6.45, 7) is 1.79. The number of benzene rings is 1. The first-order valence-electron chi connectivity index (χ1n) is 5.33. The van der Waals surface area contributed by atoms with Crippen LogP contribution in [0.5, 0.6) is 0 Å². The third kappa shape index (κ3) is 4.26. The number of halogens is 3. The molecule has 0 aliphatic carbocycles. The number of Topliss-reactive ketones (excluding diaryl/α,β-unsaturated/α-hetero) is 1. The summed E-state index contributed by atoms with van der Waals surface area (Å²) >= 11 is 15.1. The van der Waals surface area contributed by atoms with Crippen LogP contribution < -0.4 is 5.32 Å². The van der Waals surface area contributed by atoms with Gasteiger partial charge in [-0.2, -0.15) is 0 Å². The van der Waals surface area contributed by atoms with E-state index >= 15 is 0 Å². The maximum Gasteiger partial charge on any atom is 0.235 e. The van der Waals surface area contributed by atoms with E-state index in [-0.39, 0.29) is 23.4 Å². The Morgan fingerprint density at radius 3 is 2.50 bits per heavy atom. The summed E-state index contributed by atoms with van der Waals surface area (Å²) in [5.74, 6) is -0.129. The van der Waals surface area contributed by atoms with Crippen molar-refractivity contribution in [2.24, 2.45) is 0 Å². The quantitative estimate of drug-likeness (QED) is 0.818. The van der Waals surface area contributed by atoms with E-state index in [2.05, 4.69) is 21.2 Å². The van der Waals surface area contributed by atoms with E-state index in [9.17, 15) is 9.59 Å². The Labute approximate surface area is 124 Å². The smallest absolute Gasteiger partial charge is 0.235 e. The fourth-order valence-corrected chi connectivity index (χ4v) is 1.94. The predicted molar refractivity (Wildman–Crippen MR) is 77.9 cm³/mol. The molecule has 0 fully saturated rings. The van der Waals surface area contributed by atoms with Gasteiger partial charge in [0.25, 0.3) is 0 Å². The molecule has 0 aliphatic heterocycles. The molecule has 1 rings (SSSR count). The van der Waals surface area contributed by atoms with E-state index in [0.717, 1.165) is 0 Å². The van der Waals surface area contributed by atoms with Crippen LogP contribution in [0.2, 0.25) is 10.0 Å². The molecule has 0 bridgehead atoms. The molecular formula is C12H12BrCl2NO2. The van der Waals surface area contributed by atoms with Crippen molar-refractivity contribution in [3.63, 3.8) is 0 Å². The van der Waals surface area contributed by atoms with Gasteiger partial charge in [-0.3, -0.25) is 9.59 Å². The van der Waals surface area contributed by atoms with Gasteiger partial charge in [-0.15, -0.1) is 0 Å². The van der Waals surface area contributed by atoms with Gasteiger partial charge in [-0.05, 0) is 17.7 Å². The van der Waals surface area contributed by atoms with Crippen LogP contribution in [0.15, 0.2) is 12.1 Å². The Hall–Kier alpha value is -0.580. The number of hydrogen-bond acceptors (Lipinski definition) is 2. The minimum Gasteiger partial charge on any atom is -0.324 e. The number of nitrogens with one attached hydrogen (secondary N) is 1. The first-order chi connectivity index (χ1) is 8.47. The van der Waals surface area contributed by atoms with E-state index in [0.29, 0.717) is 27.7 Å². The molecule has 98 valence electrons. The fraction of sp³-hybridized carbons (Fsp3) is 0.333. The molecule has 3 nitrogen and oxygen atoms in total. The summed E-state index contributed by atoms with van der Waals surface area (Å²) < 4.78 is 0. The van der Waals surface area contributed by atoms with Crippen LogP contribution in [0.25, 0.3) is 0 Å². The van der Waals surface area contributed by atoms with Gasteiger partial charge in [0, 0.05) is 17.9 Å². The Bertz CT molecular complexity index is 434. The van der Waals surface area contributed by atoms with E-state index in [1.165, 1.54) is 0 Å². The number of ketones is 1. The highest BCUT2D eigenvalue weighted by Crippen LogP contribution is 2.30. The van der Waals surface area contributed by atoms with Gasteiger partial charge in [0.1, 0.15) is 5.78 Å². The number of amides is 1. The number of carbonyl (C=O) groups is 2. The highest BCUT2D eigenvalue weighted by Gasteiger charge is 2.11. The Morgan fingerprint density at radius 1 is 1.28 bits per heavy atom. The van der Waals surface area contributed by atoms with Crippen molar-refractivity contribution >= 4 is 56.5 Å². The molecule has 0 spiro atoms. The zero-order valence-corrected chi connectivity index (χ0v) is 12.8. The molecule has 0 aliphatic rings. The average Bonchev–Trinajstić information content (AvgIpc) is 2.34. The summed E-state index contributed by atoms with van der Waals surface area (Å²) in [6.07, 6.45) is 0.706. The molecule has 1 N–H and O–H groups in total. The summed E-state index contributed by atoms with van der Waals surface area (Å²) in [4.78, 5) is 22.6. The van der Waals surface area contributed by atoms with Crippen molar-refractivity contribution in [2.45, 2.75) is 19.8 Å². The van der Waals surface area contributed by atoms with Crippen molar-refractivity contribution in [3.8, 4) is 0 Å². The Balaban J connectivity index is 2.96. The second-order valence-electron chi connectivity index (χ2n) is 3.67. The number of hydrogen-bond donors (Lipinski definition) is 1. The Kier molecular flexibility index (Phi) is 6.12. The van der Waals surface area contributed by atoms with Crippen molar-refractivity contribution in [3.05, 3.63) is 27.7 Å². The van der Waals surface area contributed by atoms with E-state index < -0.39 is 0 Å². The van der Waals surface area contributed by atoms with Crippen molar-refractivity contribution in [1.82, 2.24) is 0 Å². The van der Waals surface area contributed by atoms with Gasteiger partial charge in [0.2, 0.25) is 5.91 Å². The SMILES string of the molecule is CCC(=O)Cc1cc(Cl)c(NC(=O)CBr)cc1Cl. The standard InChI is InChI=1S/C12H12BrCl2NO2/c1-2-8(17)3-7-4-10(15)11(5-9(7)14)16-12(18)6-13/h4-5H,2-3,6H2,1H3,(H,16,18). The lowest BCUT2D eigenvalue weighted by Gasteiger charge is -2.10. The van der Waals surface area contributed by atoms with Gasteiger partial charge in [0.05, 0.1) is 16.0 Å². The van der Waals surface area contributed by atoms with Gasteiger partial charge in [0.15, 0.2) is 0 Å². The topological polar surface area (TPSA) is 46.2 Å². The van der Waals surface area contributed by atoms with Crippen LogP contribution in [0.4, 0.5) is 5.69 Å². The maximum absolute atomic E-state index is 11.4. The lowest BCUT2D eigenvalue weighted by Crippen LogP contribution is -2.13. The summed E-state index contributed by atoms with van der Waals surface area (Å²) in [5, 5.41) is 3.58. The molecule has 0 heterocycles. The van der Waals surface area contributed by atoms with Crippen LogP contribution in [0.3, 0.4) is 0 Å². The van der Waals surface area contributed by atoms with E-state index in [4.69, 9.17) is 23.2 Å². The highest BCUT2D eigenvalue weighted by molar-refractivity contribution is 9.09. The normalized spacial score (nSPS) is 10.2. The molecule has 0 saturated carbocycles. The minimum absolute atomic E-state index is 0.0882. The molecule has 0 saturated heterocycles. The minimum atomic E-state index is -0.217. The van der Waals surface area contributed by atoms with Crippen molar-refractivity contribution in [2.75, 3.05) is 10.6 Å².